The molecule has 3 N–H and O–H groups in total. The predicted molar refractivity (Wildman–Crippen MR) is 131 cm³/mol. The fraction of sp³-hybridized carbons (Fsp3) is 0.440. The Labute approximate surface area is 195 Å². The maximum absolute atomic E-state index is 13.2. The first-order valence-corrected chi connectivity index (χ1v) is 11.4. The summed E-state index contributed by atoms with van der Waals surface area (Å²) < 4.78 is 12.0. The van der Waals surface area contributed by atoms with Crippen LogP contribution in [0.5, 0.6) is 11.8 Å². The lowest BCUT2D eigenvalue weighted by Crippen LogP contribution is -2.27. The Bertz CT molecular complexity index is 1060. The molecule has 2 aromatic heterocycles. The molecule has 1 fully saturated rings. The van der Waals surface area contributed by atoms with Crippen LogP contribution in [0.4, 0.5) is 5.82 Å². The zero-order chi connectivity index (χ0) is 24.0. The highest BCUT2D eigenvalue weighted by Gasteiger charge is 2.34. The van der Waals surface area contributed by atoms with Gasteiger partial charge in [-0.2, -0.15) is 4.98 Å². The number of ether oxygens (including phenoxy) is 2. The van der Waals surface area contributed by atoms with E-state index >= 15 is 0 Å². The lowest BCUT2D eigenvalue weighted by atomic mass is 9.96. The minimum absolute atomic E-state index is 0.0820. The monoisotopic (exact) mass is 451 g/mol. The average Bonchev–Trinajstić information content (AvgIpc) is 3.08. The molecule has 1 saturated carbocycles. The Hall–Kier alpha value is -3.42. The second-order valence-electron chi connectivity index (χ2n) is 8.39. The molecule has 3 heterocycles. The van der Waals surface area contributed by atoms with E-state index in [2.05, 4.69) is 20.3 Å². The molecular formula is C25H33N5O3. The minimum Gasteiger partial charge on any atom is -0.474 e. The highest BCUT2D eigenvalue weighted by molar-refractivity contribution is 6.09. The second-order valence-corrected chi connectivity index (χ2v) is 8.39. The molecule has 8 heteroatoms. The van der Waals surface area contributed by atoms with Crippen LogP contribution >= 0.6 is 0 Å². The molecule has 176 valence electrons. The third-order valence-electron chi connectivity index (χ3n) is 5.33. The maximum atomic E-state index is 13.2. The van der Waals surface area contributed by atoms with Gasteiger partial charge in [-0.25, -0.2) is 4.98 Å². The lowest BCUT2D eigenvalue weighted by Gasteiger charge is -2.26. The van der Waals surface area contributed by atoms with Crippen LogP contribution in [0, 0.1) is 0 Å². The van der Waals surface area contributed by atoms with E-state index in [1.807, 2.05) is 33.8 Å². The summed E-state index contributed by atoms with van der Waals surface area (Å²) in [6.07, 6.45) is 6.84. The number of nitrogens with two attached hydrogens (primary N) is 1. The first kappa shape index (κ1) is 24.2. The topological polar surface area (TPSA) is 112 Å². The van der Waals surface area contributed by atoms with Crippen molar-refractivity contribution in [1.82, 2.24) is 9.97 Å². The number of aromatic nitrogens is 2. The van der Waals surface area contributed by atoms with Crippen molar-refractivity contribution in [2.45, 2.75) is 65.1 Å². The smallest absolute Gasteiger partial charge is 0.262 e. The number of fused-ring (bicyclic) bond motifs is 1. The fourth-order valence-corrected chi connectivity index (χ4v) is 3.57. The van der Waals surface area contributed by atoms with Crippen molar-refractivity contribution in [1.29, 1.82) is 0 Å². The fourth-order valence-electron chi connectivity index (χ4n) is 3.57. The Morgan fingerprint density at radius 3 is 2.70 bits per heavy atom. The standard InChI is InChI=1S/C23H27N5O3.C2H6/c1-23(2)11-14-10-17(22(28-21(14)31-23)30-16-6-4-7-16)20(29)27-19-9-5-8-18(26-19)15(12-24)13-25-3;1-2/h5,8-10,12-13,16H,4,6-7,11,24H2,1-3H3,(H,26,27,29);1-2H3/b15-12+,25-13?;. The molecule has 2 aromatic rings. The van der Waals surface area contributed by atoms with Crippen LogP contribution in [-0.4, -0.2) is 40.8 Å². The predicted octanol–water partition coefficient (Wildman–Crippen LogP) is 4.40. The van der Waals surface area contributed by atoms with E-state index in [0.717, 1.165) is 24.8 Å². The number of nitrogens with zero attached hydrogens (tertiary/aromatic N) is 3. The number of hydrogen-bond acceptors (Lipinski definition) is 7. The largest absolute Gasteiger partial charge is 0.474 e. The summed E-state index contributed by atoms with van der Waals surface area (Å²) in [5.74, 6) is 0.905. The number of carbonyl (C=O) groups excluding carboxylic acids is 1. The van der Waals surface area contributed by atoms with Gasteiger partial charge in [0.25, 0.3) is 5.91 Å². The van der Waals surface area contributed by atoms with E-state index in [-0.39, 0.29) is 17.6 Å². The quantitative estimate of drug-likeness (QED) is 0.630. The maximum Gasteiger partial charge on any atom is 0.262 e. The Morgan fingerprint density at radius 1 is 1.30 bits per heavy atom. The molecule has 1 amide bonds. The molecule has 4 rings (SSSR count). The minimum atomic E-state index is -0.361. The van der Waals surface area contributed by atoms with Crippen molar-refractivity contribution in [3.8, 4) is 11.8 Å². The van der Waals surface area contributed by atoms with Crippen LogP contribution in [-0.2, 0) is 6.42 Å². The van der Waals surface area contributed by atoms with E-state index < -0.39 is 0 Å². The van der Waals surface area contributed by atoms with Gasteiger partial charge in [0.1, 0.15) is 23.1 Å². The molecule has 0 unspecified atom stereocenters. The third-order valence-corrected chi connectivity index (χ3v) is 5.33. The van der Waals surface area contributed by atoms with E-state index in [4.69, 9.17) is 15.2 Å². The van der Waals surface area contributed by atoms with Crippen LogP contribution < -0.4 is 20.5 Å². The number of pyridine rings is 2. The van der Waals surface area contributed by atoms with Gasteiger partial charge in [-0.1, -0.05) is 19.9 Å². The Morgan fingerprint density at radius 2 is 2.06 bits per heavy atom. The summed E-state index contributed by atoms with van der Waals surface area (Å²) in [5.41, 5.74) is 7.85. The SMILES string of the molecule is CC.CN=C/C(=C\N)c1cccc(NC(=O)c2cc3c(nc2OC2CCC2)OC(C)(C)C3)n1. The molecule has 0 aromatic carbocycles. The third kappa shape index (κ3) is 5.69. The van der Waals surface area contributed by atoms with Crippen LogP contribution in [0.3, 0.4) is 0 Å². The van der Waals surface area contributed by atoms with Crippen molar-refractivity contribution in [2.75, 3.05) is 12.4 Å². The number of allylic oxidation sites excluding steroid dienone is 1. The van der Waals surface area contributed by atoms with Gasteiger partial charge < -0.3 is 20.5 Å². The molecule has 1 aliphatic carbocycles. The molecule has 0 radical (unpaired) electrons. The van der Waals surface area contributed by atoms with Crippen LogP contribution in [0.1, 0.15) is 68.6 Å². The summed E-state index contributed by atoms with van der Waals surface area (Å²) >= 11 is 0. The first-order valence-electron chi connectivity index (χ1n) is 11.4. The van der Waals surface area contributed by atoms with E-state index in [1.54, 1.807) is 31.5 Å². The van der Waals surface area contributed by atoms with Gasteiger partial charge in [0, 0.05) is 37.0 Å². The zero-order valence-electron chi connectivity index (χ0n) is 20.0. The number of carbonyl (C=O) groups is 1. The van der Waals surface area contributed by atoms with Crippen molar-refractivity contribution in [3.63, 3.8) is 0 Å². The van der Waals surface area contributed by atoms with Crippen molar-refractivity contribution < 1.29 is 14.3 Å². The Kier molecular flexibility index (Phi) is 7.68. The second kappa shape index (κ2) is 10.5. The summed E-state index contributed by atoms with van der Waals surface area (Å²) in [6.45, 7) is 8.00. The summed E-state index contributed by atoms with van der Waals surface area (Å²) in [5, 5.41) is 2.86. The zero-order valence-corrected chi connectivity index (χ0v) is 20.0. The molecule has 0 bridgehead atoms. The van der Waals surface area contributed by atoms with Gasteiger partial charge in [-0.3, -0.25) is 9.79 Å². The molecule has 2 aliphatic rings. The number of amides is 1. The molecular weight excluding hydrogens is 418 g/mol. The van der Waals surface area contributed by atoms with Gasteiger partial charge in [0.15, 0.2) is 0 Å². The molecule has 0 atom stereocenters. The van der Waals surface area contributed by atoms with Gasteiger partial charge in [-0.05, 0) is 51.3 Å². The first-order chi connectivity index (χ1) is 15.9. The van der Waals surface area contributed by atoms with Crippen LogP contribution in [0.2, 0.25) is 0 Å². The van der Waals surface area contributed by atoms with Gasteiger partial charge in [-0.15, -0.1) is 0 Å². The van der Waals surface area contributed by atoms with Crippen LogP contribution in [0.25, 0.3) is 5.57 Å². The van der Waals surface area contributed by atoms with E-state index in [0.29, 0.717) is 40.8 Å². The van der Waals surface area contributed by atoms with Crippen LogP contribution in [0.15, 0.2) is 35.5 Å². The molecule has 33 heavy (non-hydrogen) atoms. The molecule has 8 nitrogen and oxygen atoms in total. The van der Waals surface area contributed by atoms with Crippen molar-refractivity contribution in [2.24, 2.45) is 10.7 Å². The summed E-state index contributed by atoms with van der Waals surface area (Å²) in [7, 11) is 1.66. The highest BCUT2D eigenvalue weighted by Crippen LogP contribution is 2.37. The van der Waals surface area contributed by atoms with E-state index in [9.17, 15) is 4.79 Å². The lowest BCUT2D eigenvalue weighted by molar-refractivity contribution is 0.0968. The van der Waals surface area contributed by atoms with Crippen molar-refractivity contribution in [3.05, 3.63) is 47.3 Å². The Balaban J connectivity index is 0.00000149. The number of nitrogens with one attached hydrogen (secondary N) is 1. The number of anilines is 1. The molecule has 0 saturated heterocycles. The van der Waals surface area contributed by atoms with Crippen molar-refractivity contribution >= 4 is 23.5 Å². The highest BCUT2D eigenvalue weighted by atomic mass is 16.5. The van der Waals surface area contributed by atoms with Gasteiger partial charge in [0.05, 0.1) is 5.69 Å². The van der Waals surface area contributed by atoms with E-state index in [1.165, 1.54) is 6.20 Å². The summed E-state index contributed by atoms with van der Waals surface area (Å²) in [4.78, 5) is 26.2. The van der Waals surface area contributed by atoms with Gasteiger partial charge in [0.2, 0.25) is 11.8 Å². The number of aliphatic imine (C=N–C) groups is 1. The average molecular weight is 452 g/mol. The normalized spacial score (nSPS) is 16.8. The molecule has 0 spiro atoms. The van der Waals surface area contributed by atoms with Gasteiger partial charge >= 0.3 is 0 Å². The molecule has 1 aliphatic heterocycles. The number of hydrogen-bond donors (Lipinski definition) is 2. The summed E-state index contributed by atoms with van der Waals surface area (Å²) in [6, 6.07) is 7.14. The number of rotatable bonds is 6.